The van der Waals surface area contributed by atoms with Crippen molar-refractivity contribution in [2.24, 2.45) is 17.7 Å². The fourth-order valence-electron chi connectivity index (χ4n) is 2.95. The van der Waals surface area contributed by atoms with Gasteiger partial charge in [-0.25, -0.2) is 19.2 Å². The standard InChI is InChI=1S/3C6H9NO7.C6H8O7/c3*7-14-4(10)2-6(13,5(11)12)1-3(8)9;7-3(8)1-6(13,5(11)12)2-4(9)10/h3*13H,1-2,7H2,(H,8,9)(H,11,12);13H,1-2H2,(H,7,8)(H,9,10)(H,11,12). The molecular weight excluding hydrogens is 778 g/mol. The zero-order valence-corrected chi connectivity index (χ0v) is 27.3. The highest BCUT2D eigenvalue weighted by Crippen LogP contribution is 2.19. The maximum atomic E-state index is 10.5. The van der Waals surface area contributed by atoms with Crippen molar-refractivity contribution >= 4 is 71.6 Å². The molecule has 0 rings (SSSR count). The zero-order valence-electron chi connectivity index (χ0n) is 27.3. The normalized spacial score (nSPS) is 13.4. The molecule has 0 bridgehead atoms. The monoisotopic (exact) mass is 813 g/mol. The minimum absolute atomic E-state index is 1.02. The summed E-state index contributed by atoms with van der Waals surface area (Å²) in [6.07, 6.45) is -8.70. The van der Waals surface area contributed by atoms with Gasteiger partial charge in [0, 0.05) is 0 Å². The van der Waals surface area contributed by atoms with Gasteiger partial charge in [0.05, 0.1) is 51.4 Å². The summed E-state index contributed by atoms with van der Waals surface area (Å²) in [6.45, 7) is 0. The van der Waals surface area contributed by atoms with Crippen LogP contribution in [0.4, 0.5) is 0 Å². The molecule has 0 aromatic heterocycles. The first kappa shape index (κ1) is 55.1. The van der Waals surface area contributed by atoms with Gasteiger partial charge in [-0.1, -0.05) is 0 Å². The molecule has 0 aromatic rings. The van der Waals surface area contributed by atoms with Gasteiger partial charge in [-0.15, -0.1) is 0 Å². The van der Waals surface area contributed by atoms with E-state index in [-0.39, 0.29) is 0 Å². The topological polar surface area (TPSA) is 574 Å². The Bertz CT molecular complexity index is 1320. The van der Waals surface area contributed by atoms with E-state index >= 15 is 0 Å². The van der Waals surface area contributed by atoms with Crippen molar-refractivity contribution in [3.8, 4) is 0 Å². The first-order chi connectivity index (χ1) is 24.7. The van der Waals surface area contributed by atoms with Crippen LogP contribution in [0.3, 0.4) is 0 Å². The number of aliphatic hydroxyl groups is 4. The molecular formula is C24H35N3O28. The highest BCUT2D eigenvalue weighted by molar-refractivity contribution is 5.90. The van der Waals surface area contributed by atoms with Gasteiger partial charge in [0.1, 0.15) is 0 Å². The maximum absolute atomic E-state index is 10.5. The maximum Gasteiger partial charge on any atom is 0.336 e. The second kappa shape index (κ2) is 24.6. The number of aliphatic carboxylic acids is 9. The van der Waals surface area contributed by atoms with E-state index < -0.39 is 145 Å². The molecule has 314 valence electrons. The van der Waals surface area contributed by atoms with Crippen LogP contribution in [0.25, 0.3) is 0 Å². The first-order valence-corrected chi connectivity index (χ1v) is 13.3. The Kier molecular flexibility index (Phi) is 24.6. The Balaban J connectivity index is -0.000000315. The molecule has 19 N–H and O–H groups in total. The van der Waals surface area contributed by atoms with Gasteiger partial charge in [-0.05, 0) is 0 Å². The number of carbonyl (C=O) groups is 12. The second-order valence-corrected chi connectivity index (χ2v) is 10.2. The summed E-state index contributed by atoms with van der Waals surface area (Å²) >= 11 is 0. The summed E-state index contributed by atoms with van der Waals surface area (Å²) in [5.41, 5.74) is -10.8. The lowest BCUT2D eigenvalue weighted by atomic mass is 9.96. The van der Waals surface area contributed by atoms with Crippen LogP contribution in [-0.2, 0) is 72.0 Å². The fraction of sp³-hybridized carbons (Fsp3) is 0.500. The van der Waals surface area contributed by atoms with Crippen LogP contribution in [0, 0.1) is 0 Å². The van der Waals surface area contributed by atoms with E-state index in [0.717, 1.165) is 0 Å². The summed E-state index contributed by atoms with van der Waals surface area (Å²) in [4.78, 5) is 135. The molecule has 0 saturated heterocycles. The lowest BCUT2D eigenvalue weighted by molar-refractivity contribution is -0.172. The highest BCUT2D eigenvalue weighted by atomic mass is 16.7. The molecule has 31 heteroatoms. The van der Waals surface area contributed by atoms with Crippen molar-refractivity contribution in [1.82, 2.24) is 0 Å². The molecule has 0 aromatic carbocycles. The Morgan fingerprint density at radius 3 is 0.527 bits per heavy atom. The average molecular weight is 814 g/mol. The van der Waals surface area contributed by atoms with Crippen molar-refractivity contribution in [2.45, 2.75) is 73.8 Å². The second-order valence-electron chi connectivity index (χ2n) is 10.2. The van der Waals surface area contributed by atoms with E-state index in [1.807, 2.05) is 0 Å². The van der Waals surface area contributed by atoms with Gasteiger partial charge in [0.25, 0.3) is 0 Å². The number of hydrogen-bond donors (Lipinski definition) is 16. The molecule has 0 saturated carbocycles. The minimum Gasteiger partial charge on any atom is -0.481 e. The molecule has 55 heavy (non-hydrogen) atoms. The van der Waals surface area contributed by atoms with E-state index in [0.29, 0.717) is 0 Å². The van der Waals surface area contributed by atoms with Gasteiger partial charge in [-0.3, -0.25) is 38.4 Å². The first-order valence-electron chi connectivity index (χ1n) is 13.3. The number of hydrogen-bond acceptors (Lipinski definition) is 22. The third kappa shape index (κ3) is 24.3. The van der Waals surface area contributed by atoms with Crippen LogP contribution in [0.2, 0.25) is 0 Å². The van der Waals surface area contributed by atoms with Crippen LogP contribution >= 0.6 is 0 Å². The number of rotatable bonds is 20. The lowest BCUT2D eigenvalue weighted by Crippen LogP contribution is -2.43. The Morgan fingerprint density at radius 1 is 0.309 bits per heavy atom. The van der Waals surface area contributed by atoms with Crippen molar-refractivity contribution < 1.29 is 138 Å². The third-order valence-electron chi connectivity index (χ3n) is 5.52. The molecule has 0 radical (unpaired) electrons. The van der Waals surface area contributed by atoms with Gasteiger partial charge in [0.2, 0.25) is 0 Å². The van der Waals surface area contributed by atoms with E-state index in [4.69, 9.17) is 51.1 Å². The molecule has 0 spiro atoms. The third-order valence-corrected chi connectivity index (χ3v) is 5.52. The quantitative estimate of drug-likeness (QED) is 0.0508. The van der Waals surface area contributed by atoms with Crippen LogP contribution in [0.1, 0.15) is 51.4 Å². The number of carbonyl (C=O) groups excluding carboxylic acids is 3. The predicted octanol–water partition coefficient (Wildman–Crippen LogP) is -7.00. The van der Waals surface area contributed by atoms with Crippen molar-refractivity contribution in [1.29, 1.82) is 0 Å². The molecule has 0 fully saturated rings. The average Bonchev–Trinajstić information content (AvgIpc) is 2.99. The van der Waals surface area contributed by atoms with Crippen molar-refractivity contribution in [2.75, 3.05) is 0 Å². The molecule has 0 aliphatic rings. The Morgan fingerprint density at radius 2 is 0.436 bits per heavy atom. The van der Waals surface area contributed by atoms with Crippen molar-refractivity contribution in [3.05, 3.63) is 0 Å². The van der Waals surface area contributed by atoms with Crippen LogP contribution in [0.5, 0.6) is 0 Å². The minimum atomic E-state index is -2.74. The molecule has 0 amide bonds. The summed E-state index contributed by atoms with van der Waals surface area (Å²) in [6, 6.07) is 0. The van der Waals surface area contributed by atoms with Gasteiger partial charge < -0.3 is 80.9 Å². The SMILES string of the molecule is NOC(=O)CC(O)(CC(=O)O)C(=O)O.NOC(=O)CC(O)(CC(=O)O)C(=O)O.NOC(=O)CC(O)(CC(=O)O)C(=O)O.O=C(O)CC(O)(CC(=O)O)C(=O)O. The van der Waals surface area contributed by atoms with Gasteiger partial charge in [-0.2, -0.15) is 17.7 Å². The number of nitrogens with two attached hydrogens (primary N) is 3. The van der Waals surface area contributed by atoms with E-state index in [1.54, 1.807) is 0 Å². The molecule has 31 nitrogen and oxygen atoms in total. The van der Waals surface area contributed by atoms with E-state index in [9.17, 15) is 72.9 Å². The summed E-state index contributed by atoms with van der Waals surface area (Å²) in [5.74, 6) is -5.58. The van der Waals surface area contributed by atoms with E-state index in [2.05, 4.69) is 32.2 Å². The zero-order chi connectivity index (χ0) is 44.7. The lowest BCUT2D eigenvalue weighted by Gasteiger charge is -2.19. The molecule has 3 atom stereocenters. The Hall–Kier alpha value is -6.64. The van der Waals surface area contributed by atoms with Crippen LogP contribution in [-0.4, -0.2) is 160 Å². The van der Waals surface area contributed by atoms with Crippen LogP contribution in [0.15, 0.2) is 0 Å². The van der Waals surface area contributed by atoms with Gasteiger partial charge >= 0.3 is 71.6 Å². The molecule has 3 unspecified atom stereocenters. The summed E-state index contributed by atoms with van der Waals surface area (Å²) < 4.78 is 0. The van der Waals surface area contributed by atoms with E-state index in [1.165, 1.54) is 0 Å². The number of carboxylic acid groups (broad SMARTS) is 9. The van der Waals surface area contributed by atoms with Gasteiger partial charge in [0.15, 0.2) is 22.4 Å². The van der Waals surface area contributed by atoms with Crippen LogP contribution < -0.4 is 17.7 Å². The predicted molar refractivity (Wildman–Crippen MR) is 156 cm³/mol. The molecule has 0 aliphatic heterocycles. The highest BCUT2D eigenvalue weighted by Gasteiger charge is 2.43. The molecule has 0 heterocycles. The summed E-state index contributed by atoms with van der Waals surface area (Å²) in [5, 5.41) is 112. The Labute approximate surface area is 302 Å². The fourth-order valence-corrected chi connectivity index (χ4v) is 2.95. The summed E-state index contributed by atoms with van der Waals surface area (Å²) in [7, 11) is 0. The smallest absolute Gasteiger partial charge is 0.336 e. The van der Waals surface area contributed by atoms with Crippen molar-refractivity contribution in [3.63, 3.8) is 0 Å². The molecule has 0 aliphatic carbocycles. The number of carboxylic acids is 9. The largest absolute Gasteiger partial charge is 0.481 e.